The predicted molar refractivity (Wildman–Crippen MR) is 124 cm³/mol. The molecule has 0 fully saturated rings. The Bertz CT molecular complexity index is 765. The zero-order valence-electron chi connectivity index (χ0n) is 22.2. The van der Waals surface area contributed by atoms with Gasteiger partial charge in [-0.1, -0.05) is 27.7 Å². The molecule has 0 aromatic carbocycles. The normalized spacial score (nSPS) is 14.4. The van der Waals surface area contributed by atoms with Gasteiger partial charge in [-0.2, -0.15) is 0 Å². The number of rotatable bonds is 10. The van der Waals surface area contributed by atoms with E-state index in [0.29, 0.717) is 0 Å². The maximum absolute atomic E-state index is 12.6. The third kappa shape index (κ3) is 13.4. The fourth-order valence-electron chi connectivity index (χ4n) is 2.48. The summed E-state index contributed by atoms with van der Waals surface area (Å²) in [7, 11) is 0. The summed E-state index contributed by atoms with van der Waals surface area (Å²) in [6, 6.07) is -2.34. The quantitative estimate of drug-likeness (QED) is 0.297. The Morgan fingerprint density at radius 1 is 0.714 bits per heavy atom. The van der Waals surface area contributed by atoms with E-state index in [1.807, 2.05) is 0 Å². The van der Waals surface area contributed by atoms with Gasteiger partial charge in [-0.3, -0.25) is 0 Å². The molecule has 0 aliphatic heterocycles. The van der Waals surface area contributed by atoms with Crippen molar-refractivity contribution >= 4 is 30.1 Å². The Morgan fingerprint density at radius 3 is 1.40 bits per heavy atom. The van der Waals surface area contributed by atoms with E-state index in [0.717, 1.165) is 0 Å². The van der Waals surface area contributed by atoms with Gasteiger partial charge in [0.2, 0.25) is 6.10 Å². The fourth-order valence-corrected chi connectivity index (χ4v) is 2.48. The number of hydrogen-bond donors (Lipinski definition) is 3. The van der Waals surface area contributed by atoms with E-state index in [4.69, 9.17) is 18.9 Å². The molecule has 0 radical (unpaired) electrons. The Labute approximate surface area is 206 Å². The van der Waals surface area contributed by atoms with E-state index in [1.54, 1.807) is 69.2 Å². The molecule has 12 heteroatoms. The summed E-state index contributed by atoms with van der Waals surface area (Å²) < 4.78 is 20.3. The number of carboxylic acid groups (broad SMARTS) is 1. The first kappa shape index (κ1) is 31.9. The van der Waals surface area contributed by atoms with Crippen LogP contribution in [-0.4, -0.2) is 71.2 Å². The van der Waals surface area contributed by atoms with Gasteiger partial charge in [0.15, 0.2) is 0 Å². The number of nitrogens with one attached hydrogen (secondary N) is 2. The number of carbonyl (C=O) groups excluding carboxylic acids is 4. The molecule has 12 nitrogen and oxygen atoms in total. The number of alkyl carbamates (subject to hydrolysis) is 2. The monoisotopic (exact) mass is 504 g/mol. The van der Waals surface area contributed by atoms with E-state index >= 15 is 0 Å². The van der Waals surface area contributed by atoms with Crippen molar-refractivity contribution in [2.24, 2.45) is 11.8 Å². The molecule has 3 N–H and O–H groups in total. The smallest absolute Gasteiger partial charge is 0.408 e. The molecule has 3 atom stereocenters. The van der Waals surface area contributed by atoms with Gasteiger partial charge in [0.25, 0.3) is 0 Å². The van der Waals surface area contributed by atoms with E-state index in [2.05, 4.69) is 10.6 Å². The molecule has 0 aliphatic carbocycles. The van der Waals surface area contributed by atoms with Gasteiger partial charge >= 0.3 is 30.1 Å². The van der Waals surface area contributed by atoms with Crippen molar-refractivity contribution in [3.63, 3.8) is 0 Å². The number of esters is 2. The van der Waals surface area contributed by atoms with Crippen molar-refractivity contribution in [3.8, 4) is 0 Å². The first-order valence-electron chi connectivity index (χ1n) is 11.3. The van der Waals surface area contributed by atoms with Crippen LogP contribution in [0.15, 0.2) is 0 Å². The number of aliphatic carboxylic acids is 1. The van der Waals surface area contributed by atoms with Crippen molar-refractivity contribution < 1.29 is 48.0 Å². The predicted octanol–water partition coefficient (Wildman–Crippen LogP) is 2.62. The molecular formula is C23H40N2O10. The van der Waals surface area contributed by atoms with E-state index in [9.17, 15) is 29.1 Å². The van der Waals surface area contributed by atoms with Gasteiger partial charge in [-0.25, -0.2) is 24.0 Å². The van der Waals surface area contributed by atoms with E-state index in [-0.39, 0.29) is 0 Å². The maximum atomic E-state index is 12.6. The molecule has 0 saturated carbocycles. The topological polar surface area (TPSA) is 167 Å². The van der Waals surface area contributed by atoms with Crippen LogP contribution in [0.1, 0.15) is 69.2 Å². The molecule has 202 valence electrons. The highest BCUT2D eigenvalue weighted by molar-refractivity contribution is 5.85. The lowest BCUT2D eigenvalue weighted by atomic mass is 10.0. The Kier molecular flexibility index (Phi) is 12.0. The number of carboxylic acids is 1. The van der Waals surface area contributed by atoms with Crippen LogP contribution in [0.3, 0.4) is 0 Å². The molecule has 0 bridgehead atoms. The molecule has 0 aromatic heterocycles. The van der Waals surface area contributed by atoms with Crippen LogP contribution >= 0.6 is 0 Å². The summed E-state index contributed by atoms with van der Waals surface area (Å²) in [5.41, 5.74) is -1.61. The molecule has 0 rings (SSSR count). The zero-order valence-corrected chi connectivity index (χ0v) is 22.2. The van der Waals surface area contributed by atoms with Gasteiger partial charge in [0, 0.05) is 0 Å². The SMILES string of the molecule is CC(C)[C@H](NC(=O)OC(C)(C)C)C(=O)OC[C@@H](OC(=O)[C@@H](NC(=O)OC(C)(C)C)C(C)C)C(=O)O. The minimum absolute atomic E-state index is 0.413. The molecule has 0 saturated heterocycles. The van der Waals surface area contributed by atoms with Crippen molar-refractivity contribution in [3.05, 3.63) is 0 Å². The fraction of sp³-hybridized carbons (Fsp3) is 0.783. The van der Waals surface area contributed by atoms with E-state index < -0.39 is 77.9 Å². The van der Waals surface area contributed by atoms with Gasteiger partial charge in [0.1, 0.15) is 29.9 Å². The van der Waals surface area contributed by atoms with Crippen LogP contribution in [-0.2, 0) is 33.3 Å². The molecule has 35 heavy (non-hydrogen) atoms. The van der Waals surface area contributed by atoms with Gasteiger partial charge in [-0.15, -0.1) is 0 Å². The molecular weight excluding hydrogens is 464 g/mol. The van der Waals surface area contributed by atoms with Gasteiger partial charge < -0.3 is 34.7 Å². The molecule has 0 aromatic rings. The summed E-state index contributed by atoms with van der Waals surface area (Å²) >= 11 is 0. The summed E-state index contributed by atoms with van der Waals surface area (Å²) in [4.78, 5) is 60.8. The number of hydrogen-bond acceptors (Lipinski definition) is 9. The van der Waals surface area contributed by atoms with Crippen molar-refractivity contribution in [2.75, 3.05) is 6.61 Å². The van der Waals surface area contributed by atoms with Crippen LogP contribution in [0.4, 0.5) is 9.59 Å². The molecule has 0 heterocycles. The maximum Gasteiger partial charge on any atom is 0.408 e. The van der Waals surface area contributed by atoms with E-state index in [1.165, 1.54) is 0 Å². The van der Waals surface area contributed by atoms with Gasteiger partial charge in [0.05, 0.1) is 0 Å². The molecule has 2 amide bonds. The van der Waals surface area contributed by atoms with Crippen molar-refractivity contribution in [1.82, 2.24) is 10.6 Å². The minimum atomic E-state index is -1.84. The van der Waals surface area contributed by atoms with Crippen LogP contribution in [0.5, 0.6) is 0 Å². The van der Waals surface area contributed by atoms with Crippen LogP contribution in [0, 0.1) is 11.8 Å². The standard InChI is InChI=1S/C23H40N2O10/c1-12(2)15(24-20(30)34-22(5,6)7)18(28)32-11-14(17(26)27)33-19(29)16(13(3)4)25-21(31)35-23(8,9)10/h12-16H,11H2,1-10H3,(H,24,30)(H,25,31)(H,26,27)/t14-,15+,16+/m1/s1. The number of carbonyl (C=O) groups is 5. The second-order valence-corrected chi connectivity index (χ2v) is 10.6. The van der Waals surface area contributed by atoms with Crippen molar-refractivity contribution in [2.45, 2.75) is 98.6 Å². The largest absolute Gasteiger partial charge is 0.478 e. The number of amides is 2. The highest BCUT2D eigenvalue weighted by atomic mass is 16.6. The average molecular weight is 505 g/mol. The lowest BCUT2D eigenvalue weighted by molar-refractivity contribution is -0.173. The highest BCUT2D eigenvalue weighted by Crippen LogP contribution is 2.12. The summed E-state index contributed by atoms with van der Waals surface area (Å²) in [5.74, 6) is -4.41. The van der Waals surface area contributed by atoms with Crippen molar-refractivity contribution in [1.29, 1.82) is 0 Å². The molecule has 0 aliphatic rings. The minimum Gasteiger partial charge on any atom is -0.478 e. The molecule has 0 spiro atoms. The molecule has 0 unspecified atom stereocenters. The average Bonchev–Trinajstić information content (AvgIpc) is 2.63. The Hall–Kier alpha value is -3.05. The Morgan fingerprint density at radius 2 is 1.09 bits per heavy atom. The second kappa shape index (κ2) is 13.1. The lowest BCUT2D eigenvalue weighted by Gasteiger charge is -2.26. The lowest BCUT2D eigenvalue weighted by Crippen LogP contribution is -2.50. The first-order chi connectivity index (χ1) is 15.7. The summed E-state index contributed by atoms with van der Waals surface area (Å²) in [6.45, 7) is 15.6. The zero-order chi connectivity index (χ0) is 27.7. The number of ether oxygens (including phenoxy) is 4. The Balaban J connectivity index is 5.24. The summed E-state index contributed by atoms with van der Waals surface area (Å²) in [5, 5.41) is 14.2. The van der Waals surface area contributed by atoms with Crippen LogP contribution in [0.2, 0.25) is 0 Å². The van der Waals surface area contributed by atoms with Gasteiger partial charge in [-0.05, 0) is 53.4 Å². The van der Waals surface area contributed by atoms with Crippen LogP contribution < -0.4 is 10.6 Å². The van der Waals surface area contributed by atoms with Crippen LogP contribution in [0.25, 0.3) is 0 Å². The second-order valence-electron chi connectivity index (χ2n) is 10.6. The third-order valence-corrected chi connectivity index (χ3v) is 4.10. The first-order valence-corrected chi connectivity index (χ1v) is 11.3. The highest BCUT2D eigenvalue weighted by Gasteiger charge is 2.34. The third-order valence-electron chi connectivity index (χ3n) is 4.10. The summed E-state index contributed by atoms with van der Waals surface area (Å²) in [6.07, 6.45) is -3.57.